The molecular weight excluding hydrogens is 509 g/mol. The standard InChI is InChI=1S/C25H31Cl2N3O4S/c1-3-23(25(32)28-19-11-7-8-12-19)29(16-18-9-5-4-6-10-18)24(31)17-30(35(2,33)34)20-13-14-21(26)22(27)15-20/h4-6,9-10,13-15,19,23H,3,7-8,11-12,16-17H2,1-2H3,(H,28,32)/t23-/m1/s1. The summed E-state index contributed by atoms with van der Waals surface area (Å²) in [5.41, 5.74) is 1.06. The molecule has 1 N–H and O–H groups in total. The van der Waals surface area contributed by atoms with Crippen LogP contribution in [0.5, 0.6) is 0 Å². The zero-order valence-corrected chi connectivity index (χ0v) is 22.2. The minimum Gasteiger partial charge on any atom is -0.352 e. The normalized spacial score (nSPS) is 15.0. The summed E-state index contributed by atoms with van der Waals surface area (Å²) in [6.45, 7) is 1.55. The first-order chi connectivity index (χ1) is 16.6. The average molecular weight is 541 g/mol. The van der Waals surface area contributed by atoms with Crippen molar-refractivity contribution in [1.82, 2.24) is 10.2 Å². The molecule has 7 nitrogen and oxygen atoms in total. The number of nitrogens with one attached hydrogen (secondary N) is 1. The van der Waals surface area contributed by atoms with E-state index in [4.69, 9.17) is 23.2 Å². The van der Waals surface area contributed by atoms with Crippen molar-refractivity contribution in [3.05, 3.63) is 64.1 Å². The quantitative estimate of drug-likeness (QED) is 0.476. The van der Waals surface area contributed by atoms with Crippen molar-refractivity contribution in [3.8, 4) is 0 Å². The van der Waals surface area contributed by atoms with E-state index in [1.807, 2.05) is 37.3 Å². The van der Waals surface area contributed by atoms with Gasteiger partial charge in [0, 0.05) is 12.6 Å². The third-order valence-electron chi connectivity index (χ3n) is 6.15. The average Bonchev–Trinajstić information content (AvgIpc) is 3.32. The molecule has 2 aromatic rings. The van der Waals surface area contributed by atoms with Crippen LogP contribution < -0.4 is 9.62 Å². The number of anilines is 1. The number of carbonyl (C=O) groups excluding carboxylic acids is 2. The van der Waals surface area contributed by atoms with Gasteiger partial charge in [0.25, 0.3) is 0 Å². The molecule has 0 radical (unpaired) electrons. The lowest BCUT2D eigenvalue weighted by atomic mass is 10.1. The zero-order chi connectivity index (χ0) is 25.6. The topological polar surface area (TPSA) is 86.8 Å². The van der Waals surface area contributed by atoms with Gasteiger partial charge in [-0.3, -0.25) is 13.9 Å². The fourth-order valence-electron chi connectivity index (χ4n) is 4.32. The molecule has 0 saturated heterocycles. The molecule has 0 unspecified atom stereocenters. The maximum atomic E-state index is 13.7. The predicted octanol–water partition coefficient (Wildman–Crippen LogP) is 4.63. The van der Waals surface area contributed by atoms with Crippen molar-refractivity contribution >= 4 is 50.7 Å². The number of hydrogen-bond acceptors (Lipinski definition) is 4. The molecule has 0 bridgehead atoms. The van der Waals surface area contributed by atoms with Crippen molar-refractivity contribution < 1.29 is 18.0 Å². The number of amides is 2. The maximum absolute atomic E-state index is 13.7. The van der Waals surface area contributed by atoms with Crippen molar-refractivity contribution in [2.24, 2.45) is 0 Å². The highest BCUT2D eigenvalue weighted by Gasteiger charge is 2.33. The summed E-state index contributed by atoms with van der Waals surface area (Å²) in [7, 11) is -3.84. The molecule has 2 aromatic carbocycles. The first kappa shape index (κ1) is 27.3. The van der Waals surface area contributed by atoms with Gasteiger partial charge >= 0.3 is 0 Å². The Balaban J connectivity index is 1.91. The van der Waals surface area contributed by atoms with Crippen LogP contribution in [0, 0.1) is 0 Å². The van der Waals surface area contributed by atoms with Gasteiger partial charge in [0.1, 0.15) is 12.6 Å². The number of carbonyl (C=O) groups is 2. The zero-order valence-electron chi connectivity index (χ0n) is 19.9. The van der Waals surface area contributed by atoms with E-state index < -0.39 is 28.5 Å². The Morgan fingerprint density at radius 1 is 1.06 bits per heavy atom. The second-order valence-electron chi connectivity index (χ2n) is 8.79. The van der Waals surface area contributed by atoms with Crippen molar-refractivity contribution in [3.63, 3.8) is 0 Å². The van der Waals surface area contributed by atoms with Crippen molar-refractivity contribution in [1.29, 1.82) is 0 Å². The molecule has 0 aromatic heterocycles. The Bertz CT molecular complexity index is 1140. The van der Waals surface area contributed by atoms with E-state index in [0.29, 0.717) is 6.42 Å². The number of sulfonamides is 1. The molecule has 1 atom stereocenters. The number of hydrogen-bond donors (Lipinski definition) is 1. The van der Waals surface area contributed by atoms with Crippen molar-refractivity contribution in [2.75, 3.05) is 17.1 Å². The van der Waals surface area contributed by atoms with Crippen LogP contribution >= 0.6 is 23.2 Å². The van der Waals surface area contributed by atoms with Gasteiger partial charge in [-0.1, -0.05) is 73.3 Å². The summed E-state index contributed by atoms with van der Waals surface area (Å²) < 4.78 is 26.3. The fraction of sp³-hybridized carbons (Fsp3) is 0.440. The molecule has 1 aliphatic rings. The van der Waals surface area contributed by atoms with Gasteiger partial charge < -0.3 is 10.2 Å². The Morgan fingerprint density at radius 2 is 1.71 bits per heavy atom. The number of benzene rings is 2. The van der Waals surface area contributed by atoms with Crippen LogP contribution in [0.1, 0.15) is 44.6 Å². The smallest absolute Gasteiger partial charge is 0.244 e. The largest absolute Gasteiger partial charge is 0.352 e. The van der Waals surface area contributed by atoms with Crippen LogP contribution in [0.2, 0.25) is 10.0 Å². The molecule has 1 saturated carbocycles. The molecule has 3 rings (SSSR count). The molecule has 10 heteroatoms. The SMILES string of the molecule is CC[C@H](C(=O)NC1CCCC1)N(Cc1ccccc1)C(=O)CN(c1ccc(Cl)c(Cl)c1)S(C)(=O)=O. The number of halogens is 2. The van der Waals surface area contributed by atoms with Gasteiger partial charge in [-0.05, 0) is 43.0 Å². The molecule has 0 aliphatic heterocycles. The van der Waals surface area contributed by atoms with Crippen LogP contribution in [-0.4, -0.2) is 50.0 Å². The van der Waals surface area contributed by atoms with Crippen molar-refractivity contribution in [2.45, 2.75) is 57.7 Å². The van der Waals surface area contributed by atoms with E-state index in [2.05, 4.69) is 5.32 Å². The number of nitrogens with zero attached hydrogens (tertiary/aromatic N) is 2. The summed E-state index contributed by atoms with van der Waals surface area (Å²) in [5, 5.41) is 3.53. The highest BCUT2D eigenvalue weighted by atomic mass is 35.5. The molecule has 2 amide bonds. The van der Waals surface area contributed by atoms with E-state index in [9.17, 15) is 18.0 Å². The fourth-order valence-corrected chi connectivity index (χ4v) is 5.45. The highest BCUT2D eigenvalue weighted by Crippen LogP contribution is 2.29. The molecule has 190 valence electrons. The van der Waals surface area contributed by atoms with Crippen LogP contribution in [0.3, 0.4) is 0 Å². The molecular formula is C25H31Cl2N3O4S. The van der Waals surface area contributed by atoms with E-state index >= 15 is 0 Å². The summed E-state index contributed by atoms with van der Waals surface area (Å²) in [4.78, 5) is 28.4. The first-order valence-electron chi connectivity index (χ1n) is 11.7. The summed E-state index contributed by atoms with van der Waals surface area (Å²) in [6, 6.07) is 13.1. The molecule has 0 heterocycles. The minimum atomic E-state index is -3.84. The lowest BCUT2D eigenvalue weighted by Crippen LogP contribution is -2.53. The Labute approximate surface area is 217 Å². The summed E-state index contributed by atoms with van der Waals surface area (Å²) in [5.74, 6) is -0.706. The van der Waals surface area contributed by atoms with Gasteiger partial charge in [0.15, 0.2) is 0 Å². The van der Waals surface area contributed by atoms with Gasteiger partial charge in [0.05, 0.1) is 22.0 Å². The Morgan fingerprint density at radius 3 is 2.29 bits per heavy atom. The summed E-state index contributed by atoms with van der Waals surface area (Å²) in [6.07, 6.45) is 5.40. The Hall–Kier alpha value is -2.29. The monoisotopic (exact) mass is 539 g/mol. The second kappa shape index (κ2) is 12.1. The third-order valence-corrected chi connectivity index (χ3v) is 8.03. The lowest BCUT2D eigenvalue weighted by Gasteiger charge is -2.33. The van der Waals surface area contributed by atoms with Gasteiger partial charge in [0.2, 0.25) is 21.8 Å². The second-order valence-corrected chi connectivity index (χ2v) is 11.5. The van der Waals surface area contributed by atoms with Gasteiger partial charge in [-0.25, -0.2) is 8.42 Å². The predicted molar refractivity (Wildman–Crippen MR) is 140 cm³/mol. The van der Waals surface area contributed by atoms with E-state index in [-0.39, 0.29) is 34.2 Å². The summed E-state index contributed by atoms with van der Waals surface area (Å²) >= 11 is 12.1. The Kier molecular flexibility index (Phi) is 9.44. The van der Waals surface area contributed by atoms with Gasteiger partial charge in [-0.2, -0.15) is 0 Å². The van der Waals surface area contributed by atoms with E-state index in [1.54, 1.807) is 0 Å². The lowest BCUT2D eigenvalue weighted by molar-refractivity contribution is -0.140. The third kappa shape index (κ3) is 7.35. The van der Waals surface area contributed by atoms with E-state index in [1.165, 1.54) is 23.1 Å². The maximum Gasteiger partial charge on any atom is 0.244 e. The van der Waals surface area contributed by atoms with Crippen LogP contribution in [-0.2, 0) is 26.2 Å². The number of rotatable bonds is 10. The van der Waals surface area contributed by atoms with Crippen LogP contribution in [0.4, 0.5) is 5.69 Å². The minimum absolute atomic E-state index is 0.106. The molecule has 35 heavy (non-hydrogen) atoms. The van der Waals surface area contributed by atoms with Crippen LogP contribution in [0.15, 0.2) is 48.5 Å². The molecule has 0 spiro atoms. The van der Waals surface area contributed by atoms with Crippen LogP contribution in [0.25, 0.3) is 0 Å². The van der Waals surface area contributed by atoms with Gasteiger partial charge in [-0.15, -0.1) is 0 Å². The molecule has 1 fully saturated rings. The molecule has 1 aliphatic carbocycles. The highest BCUT2D eigenvalue weighted by molar-refractivity contribution is 7.92. The first-order valence-corrected chi connectivity index (χ1v) is 14.3. The van der Waals surface area contributed by atoms with E-state index in [0.717, 1.165) is 41.8 Å².